The zero-order valence-corrected chi connectivity index (χ0v) is 14.2. The van der Waals surface area contributed by atoms with Crippen molar-refractivity contribution in [1.29, 1.82) is 0 Å². The molecule has 122 valence electrons. The standard InChI is InChI=1S/C16H24ClN3O2/c1-16(2,11-22-14-13(17)5-4-8-18-14)15(21)19-12-6-9-20(3)10-7-12/h4-5,8,12H,6-7,9-11H2,1-3H3,(H,19,21). The first-order valence-corrected chi connectivity index (χ1v) is 7.99. The lowest BCUT2D eigenvalue weighted by Crippen LogP contribution is -2.49. The third-order valence-corrected chi connectivity index (χ3v) is 4.25. The summed E-state index contributed by atoms with van der Waals surface area (Å²) in [5, 5.41) is 3.58. The molecule has 1 amide bonds. The van der Waals surface area contributed by atoms with Gasteiger partial charge in [-0.15, -0.1) is 0 Å². The Kier molecular flexibility index (Phi) is 5.64. The molecule has 0 unspecified atom stereocenters. The molecule has 0 aliphatic carbocycles. The highest BCUT2D eigenvalue weighted by Crippen LogP contribution is 2.24. The van der Waals surface area contributed by atoms with Crippen LogP contribution in [0.2, 0.25) is 5.02 Å². The molecule has 0 radical (unpaired) electrons. The average Bonchev–Trinajstić information content (AvgIpc) is 2.49. The number of amides is 1. The van der Waals surface area contributed by atoms with Crippen LogP contribution in [0.15, 0.2) is 18.3 Å². The van der Waals surface area contributed by atoms with Crippen molar-refractivity contribution in [3.05, 3.63) is 23.4 Å². The summed E-state index contributed by atoms with van der Waals surface area (Å²) < 4.78 is 5.62. The summed E-state index contributed by atoms with van der Waals surface area (Å²) in [6, 6.07) is 3.71. The van der Waals surface area contributed by atoms with Crippen molar-refractivity contribution in [2.75, 3.05) is 26.7 Å². The van der Waals surface area contributed by atoms with Crippen LogP contribution in [0, 0.1) is 5.41 Å². The van der Waals surface area contributed by atoms with Gasteiger partial charge in [0.15, 0.2) is 0 Å². The summed E-state index contributed by atoms with van der Waals surface area (Å²) in [5.74, 6) is 0.374. The molecule has 0 saturated carbocycles. The van der Waals surface area contributed by atoms with Gasteiger partial charge < -0.3 is 15.0 Å². The molecule has 1 aromatic heterocycles. The molecule has 6 heteroatoms. The molecule has 1 fully saturated rings. The SMILES string of the molecule is CN1CCC(NC(=O)C(C)(C)COc2ncccc2Cl)CC1. The number of carbonyl (C=O) groups excluding carboxylic acids is 1. The lowest BCUT2D eigenvalue weighted by Gasteiger charge is -2.32. The Labute approximate surface area is 137 Å². The van der Waals surface area contributed by atoms with E-state index >= 15 is 0 Å². The third kappa shape index (κ3) is 4.58. The maximum absolute atomic E-state index is 12.5. The Balaban J connectivity index is 1.86. The number of rotatable bonds is 5. The number of aromatic nitrogens is 1. The van der Waals surface area contributed by atoms with Gasteiger partial charge in [-0.25, -0.2) is 4.98 Å². The number of likely N-dealkylation sites (tertiary alicyclic amines) is 1. The zero-order valence-electron chi connectivity index (χ0n) is 13.4. The number of hydrogen-bond donors (Lipinski definition) is 1. The minimum atomic E-state index is -0.635. The normalized spacial score (nSPS) is 17.3. The number of nitrogens with one attached hydrogen (secondary N) is 1. The fourth-order valence-electron chi connectivity index (χ4n) is 2.33. The molecular weight excluding hydrogens is 302 g/mol. The van der Waals surface area contributed by atoms with Gasteiger partial charge in [-0.3, -0.25) is 4.79 Å². The van der Waals surface area contributed by atoms with Crippen molar-refractivity contribution in [3.8, 4) is 5.88 Å². The van der Waals surface area contributed by atoms with E-state index in [0.717, 1.165) is 25.9 Å². The summed E-state index contributed by atoms with van der Waals surface area (Å²) in [7, 11) is 2.10. The molecule has 2 heterocycles. The van der Waals surface area contributed by atoms with Crippen LogP contribution in [-0.2, 0) is 4.79 Å². The summed E-state index contributed by atoms with van der Waals surface area (Å²) in [6.45, 7) is 6.02. The van der Waals surface area contributed by atoms with Crippen molar-refractivity contribution < 1.29 is 9.53 Å². The number of carbonyl (C=O) groups is 1. The summed E-state index contributed by atoms with van der Waals surface area (Å²) in [6.07, 6.45) is 3.60. The first kappa shape index (κ1) is 17.0. The Bertz CT molecular complexity index is 514. The smallest absolute Gasteiger partial charge is 0.232 e. The molecule has 1 aromatic rings. The quantitative estimate of drug-likeness (QED) is 0.903. The van der Waals surface area contributed by atoms with Crippen LogP contribution in [0.4, 0.5) is 0 Å². The van der Waals surface area contributed by atoms with Gasteiger partial charge in [0.2, 0.25) is 11.8 Å². The summed E-state index contributed by atoms with van der Waals surface area (Å²) in [4.78, 5) is 18.8. The third-order valence-electron chi connectivity index (χ3n) is 3.96. The fraction of sp³-hybridized carbons (Fsp3) is 0.625. The molecule has 0 atom stereocenters. The van der Waals surface area contributed by atoms with E-state index in [1.54, 1.807) is 18.3 Å². The molecule has 1 aliphatic heterocycles. The van der Waals surface area contributed by atoms with Crippen LogP contribution < -0.4 is 10.1 Å². The van der Waals surface area contributed by atoms with Crippen molar-refractivity contribution in [2.24, 2.45) is 5.41 Å². The second-order valence-corrected chi connectivity index (χ2v) is 6.92. The van der Waals surface area contributed by atoms with E-state index in [1.165, 1.54) is 0 Å². The molecule has 1 aliphatic rings. The number of nitrogens with zero attached hydrogens (tertiary/aromatic N) is 2. The Morgan fingerprint density at radius 2 is 2.18 bits per heavy atom. The topological polar surface area (TPSA) is 54.5 Å². The minimum absolute atomic E-state index is 0.00843. The van der Waals surface area contributed by atoms with Gasteiger partial charge in [0, 0.05) is 12.2 Å². The number of halogens is 1. The monoisotopic (exact) mass is 325 g/mol. The molecular formula is C16H24ClN3O2. The largest absolute Gasteiger partial charge is 0.475 e. The van der Waals surface area contributed by atoms with Crippen LogP contribution in [0.3, 0.4) is 0 Å². The van der Waals surface area contributed by atoms with Gasteiger partial charge in [-0.05, 0) is 59.0 Å². The van der Waals surface area contributed by atoms with Gasteiger partial charge in [0.1, 0.15) is 11.6 Å². The number of pyridine rings is 1. The maximum Gasteiger partial charge on any atom is 0.232 e. The first-order valence-electron chi connectivity index (χ1n) is 7.61. The second kappa shape index (κ2) is 7.29. The lowest BCUT2D eigenvalue weighted by molar-refractivity contribution is -0.131. The molecule has 1 saturated heterocycles. The Morgan fingerprint density at radius 1 is 1.50 bits per heavy atom. The highest BCUT2D eigenvalue weighted by atomic mass is 35.5. The molecule has 2 rings (SSSR count). The molecule has 22 heavy (non-hydrogen) atoms. The van der Waals surface area contributed by atoms with Crippen molar-refractivity contribution >= 4 is 17.5 Å². The van der Waals surface area contributed by atoms with Crippen LogP contribution in [0.1, 0.15) is 26.7 Å². The predicted molar refractivity (Wildman–Crippen MR) is 87.2 cm³/mol. The minimum Gasteiger partial charge on any atom is -0.475 e. The molecule has 0 aromatic carbocycles. The van der Waals surface area contributed by atoms with E-state index in [0.29, 0.717) is 10.9 Å². The maximum atomic E-state index is 12.5. The molecule has 5 nitrogen and oxygen atoms in total. The van der Waals surface area contributed by atoms with Gasteiger partial charge >= 0.3 is 0 Å². The van der Waals surface area contributed by atoms with Crippen LogP contribution in [0.25, 0.3) is 0 Å². The average molecular weight is 326 g/mol. The molecule has 1 N–H and O–H groups in total. The van der Waals surface area contributed by atoms with Crippen LogP contribution >= 0.6 is 11.6 Å². The summed E-state index contributed by atoms with van der Waals surface area (Å²) in [5.41, 5.74) is -0.635. The van der Waals surface area contributed by atoms with Crippen molar-refractivity contribution in [3.63, 3.8) is 0 Å². The van der Waals surface area contributed by atoms with E-state index in [2.05, 4.69) is 22.2 Å². The summed E-state index contributed by atoms with van der Waals surface area (Å²) >= 11 is 6.01. The second-order valence-electron chi connectivity index (χ2n) is 6.51. The lowest BCUT2D eigenvalue weighted by atomic mass is 9.92. The van der Waals surface area contributed by atoms with Gasteiger partial charge in [-0.1, -0.05) is 11.6 Å². The highest BCUT2D eigenvalue weighted by molar-refractivity contribution is 6.31. The molecule has 0 spiro atoms. The number of ether oxygens (including phenoxy) is 1. The van der Waals surface area contributed by atoms with E-state index in [1.807, 2.05) is 13.8 Å². The van der Waals surface area contributed by atoms with Gasteiger partial charge in [0.05, 0.1) is 5.41 Å². The van der Waals surface area contributed by atoms with Gasteiger partial charge in [-0.2, -0.15) is 0 Å². The van der Waals surface area contributed by atoms with Crippen molar-refractivity contribution in [1.82, 2.24) is 15.2 Å². The van der Waals surface area contributed by atoms with Crippen LogP contribution in [0.5, 0.6) is 5.88 Å². The first-order chi connectivity index (χ1) is 10.4. The zero-order chi connectivity index (χ0) is 16.2. The number of piperidine rings is 1. The fourth-order valence-corrected chi connectivity index (χ4v) is 2.50. The number of hydrogen-bond acceptors (Lipinski definition) is 4. The van der Waals surface area contributed by atoms with Crippen LogP contribution in [-0.4, -0.2) is 48.6 Å². The van der Waals surface area contributed by atoms with Crippen molar-refractivity contribution in [2.45, 2.75) is 32.7 Å². The van der Waals surface area contributed by atoms with Gasteiger partial charge in [0.25, 0.3) is 0 Å². The van der Waals surface area contributed by atoms with E-state index in [9.17, 15) is 4.79 Å². The van der Waals surface area contributed by atoms with E-state index in [-0.39, 0.29) is 18.6 Å². The molecule has 0 bridgehead atoms. The Hall–Kier alpha value is -1.33. The Morgan fingerprint density at radius 3 is 2.82 bits per heavy atom. The van der Waals surface area contributed by atoms with E-state index in [4.69, 9.17) is 16.3 Å². The van der Waals surface area contributed by atoms with E-state index < -0.39 is 5.41 Å². The predicted octanol–water partition coefficient (Wildman–Crippen LogP) is 2.35. The highest BCUT2D eigenvalue weighted by Gasteiger charge is 2.31.